The molecule has 4 nitrogen and oxygen atoms in total. The lowest BCUT2D eigenvalue weighted by molar-refractivity contribution is -0.136. The summed E-state index contributed by atoms with van der Waals surface area (Å²) in [5.74, 6) is -0.769. The van der Waals surface area contributed by atoms with Gasteiger partial charge >= 0.3 is 5.97 Å². The van der Waals surface area contributed by atoms with Crippen LogP contribution in [-0.2, 0) is 9.53 Å². The molecule has 1 aliphatic heterocycles. The predicted octanol–water partition coefficient (Wildman–Crippen LogP) is 4.51. The van der Waals surface area contributed by atoms with Crippen LogP contribution in [0.4, 0.5) is 0 Å². The summed E-state index contributed by atoms with van der Waals surface area (Å²) in [7, 11) is 0. The summed E-state index contributed by atoms with van der Waals surface area (Å²) in [5.41, 5.74) is 0. The fourth-order valence-electron chi connectivity index (χ4n) is 2.17. The Bertz CT molecular complexity index is 567. The molecule has 1 saturated heterocycles. The van der Waals surface area contributed by atoms with E-state index in [2.05, 4.69) is 6.92 Å². The summed E-state index contributed by atoms with van der Waals surface area (Å²) in [6, 6.07) is 0. The van der Waals surface area contributed by atoms with Crippen molar-refractivity contribution in [1.29, 1.82) is 0 Å². The molecule has 3 atom stereocenters. The minimum atomic E-state index is -0.769. The van der Waals surface area contributed by atoms with Crippen molar-refractivity contribution in [3.8, 4) is 0 Å². The fourth-order valence-corrected chi connectivity index (χ4v) is 2.17. The van der Waals surface area contributed by atoms with Crippen LogP contribution >= 0.6 is 0 Å². The van der Waals surface area contributed by atoms with Gasteiger partial charge in [-0.2, -0.15) is 0 Å². The standard InChI is InChI=1S/C22H30O4/c1-2-3-9-14-19(23)15-10-6-4-5-7-11-16-20-21(26-20)17-12-8-13-18-22(24)25/h3-12,15-16,19-21,23H,2,13-14,17-18H2,1H3,(H,24,25)/b6-4-,7-5+,9-3-,12-8-,15-10+,16-11+/t19-,20+,21+/m1/s1. The number of aliphatic hydroxyl groups excluding tert-OH is 1. The van der Waals surface area contributed by atoms with Crippen molar-refractivity contribution < 1.29 is 19.7 Å². The van der Waals surface area contributed by atoms with Crippen molar-refractivity contribution >= 4 is 5.97 Å². The van der Waals surface area contributed by atoms with Crippen LogP contribution in [0, 0.1) is 0 Å². The van der Waals surface area contributed by atoms with E-state index < -0.39 is 12.1 Å². The van der Waals surface area contributed by atoms with E-state index in [0.717, 1.165) is 12.8 Å². The number of hydrogen-bond donors (Lipinski definition) is 2. The second-order valence-electron chi connectivity index (χ2n) is 6.00. The summed E-state index contributed by atoms with van der Waals surface area (Å²) >= 11 is 0. The number of carbonyl (C=O) groups is 1. The maximum Gasteiger partial charge on any atom is 0.303 e. The molecular weight excluding hydrogens is 328 g/mol. The molecule has 0 saturated carbocycles. The molecule has 0 spiro atoms. The zero-order valence-corrected chi connectivity index (χ0v) is 15.4. The van der Waals surface area contributed by atoms with E-state index in [1.54, 1.807) is 6.08 Å². The maximum absolute atomic E-state index is 10.4. The van der Waals surface area contributed by atoms with Gasteiger partial charge in [0, 0.05) is 6.42 Å². The second kappa shape index (κ2) is 14.0. The predicted molar refractivity (Wildman–Crippen MR) is 106 cm³/mol. The monoisotopic (exact) mass is 358 g/mol. The van der Waals surface area contributed by atoms with E-state index in [0.29, 0.717) is 12.8 Å². The largest absolute Gasteiger partial charge is 0.481 e. The van der Waals surface area contributed by atoms with E-state index >= 15 is 0 Å². The first kappa shape index (κ1) is 21.9. The maximum atomic E-state index is 10.4. The molecule has 1 heterocycles. The summed E-state index contributed by atoms with van der Waals surface area (Å²) in [5, 5.41) is 18.2. The fraction of sp³-hybridized carbons (Fsp3) is 0.409. The number of hydrogen-bond acceptors (Lipinski definition) is 3. The minimum Gasteiger partial charge on any atom is -0.481 e. The van der Waals surface area contributed by atoms with Crippen molar-refractivity contribution in [2.24, 2.45) is 0 Å². The first-order chi connectivity index (χ1) is 12.6. The van der Waals surface area contributed by atoms with Gasteiger partial charge in [0.05, 0.1) is 12.2 Å². The Morgan fingerprint density at radius 1 is 1.04 bits per heavy atom. The third kappa shape index (κ3) is 12.2. The highest BCUT2D eigenvalue weighted by atomic mass is 16.6. The Kier molecular flexibility index (Phi) is 11.8. The van der Waals surface area contributed by atoms with E-state index in [1.165, 1.54) is 0 Å². The molecule has 1 aliphatic rings. The number of aliphatic carboxylic acids is 1. The lowest BCUT2D eigenvalue weighted by Gasteiger charge is -1.98. The third-order valence-electron chi connectivity index (χ3n) is 3.65. The Morgan fingerprint density at radius 3 is 2.50 bits per heavy atom. The molecule has 0 radical (unpaired) electrons. The van der Waals surface area contributed by atoms with Crippen LogP contribution in [0.25, 0.3) is 0 Å². The number of epoxide rings is 1. The lowest BCUT2D eigenvalue weighted by Crippen LogP contribution is -1.98. The Balaban J connectivity index is 2.11. The highest BCUT2D eigenvalue weighted by Gasteiger charge is 2.34. The summed E-state index contributed by atoms with van der Waals surface area (Å²) in [4.78, 5) is 10.4. The van der Waals surface area contributed by atoms with Gasteiger partial charge < -0.3 is 14.9 Å². The van der Waals surface area contributed by atoms with Crippen LogP contribution in [0.2, 0.25) is 0 Å². The Morgan fingerprint density at radius 2 is 1.77 bits per heavy atom. The van der Waals surface area contributed by atoms with Gasteiger partial charge in [0.2, 0.25) is 0 Å². The lowest BCUT2D eigenvalue weighted by atomic mass is 10.2. The molecule has 0 amide bonds. The highest BCUT2D eigenvalue weighted by Crippen LogP contribution is 2.26. The Hall–Kier alpha value is -2.17. The molecule has 0 aromatic heterocycles. The van der Waals surface area contributed by atoms with E-state index in [1.807, 2.05) is 66.8 Å². The van der Waals surface area contributed by atoms with Crippen LogP contribution in [-0.4, -0.2) is 34.5 Å². The molecule has 2 N–H and O–H groups in total. The molecule has 0 aromatic carbocycles. The molecule has 1 fully saturated rings. The summed E-state index contributed by atoms with van der Waals surface area (Å²) < 4.78 is 5.51. The number of aliphatic hydroxyl groups is 1. The number of rotatable bonds is 13. The van der Waals surface area contributed by atoms with Crippen LogP contribution in [0.15, 0.2) is 72.9 Å². The number of carboxylic acids is 1. The van der Waals surface area contributed by atoms with Gasteiger partial charge in [-0.25, -0.2) is 0 Å². The first-order valence-electron chi connectivity index (χ1n) is 9.17. The third-order valence-corrected chi connectivity index (χ3v) is 3.65. The molecule has 142 valence electrons. The highest BCUT2D eigenvalue weighted by molar-refractivity contribution is 5.66. The van der Waals surface area contributed by atoms with Crippen molar-refractivity contribution in [3.05, 3.63) is 72.9 Å². The van der Waals surface area contributed by atoms with Crippen LogP contribution in [0.1, 0.15) is 39.0 Å². The van der Waals surface area contributed by atoms with E-state index in [-0.39, 0.29) is 18.6 Å². The van der Waals surface area contributed by atoms with Crippen LogP contribution < -0.4 is 0 Å². The Labute approximate surface area is 156 Å². The van der Waals surface area contributed by atoms with E-state index in [9.17, 15) is 9.90 Å². The molecule has 4 heteroatoms. The van der Waals surface area contributed by atoms with Crippen LogP contribution in [0.5, 0.6) is 0 Å². The number of allylic oxidation sites excluding steroid dienone is 8. The molecule has 0 aliphatic carbocycles. The molecule has 0 unspecified atom stereocenters. The van der Waals surface area contributed by atoms with Gasteiger partial charge in [0.15, 0.2) is 0 Å². The van der Waals surface area contributed by atoms with Gasteiger partial charge in [-0.3, -0.25) is 4.79 Å². The number of carboxylic acid groups (broad SMARTS) is 1. The van der Waals surface area contributed by atoms with Crippen molar-refractivity contribution in [2.45, 2.75) is 57.3 Å². The molecule has 0 bridgehead atoms. The number of ether oxygens (including phenoxy) is 1. The van der Waals surface area contributed by atoms with Gasteiger partial charge in [0.25, 0.3) is 0 Å². The topological polar surface area (TPSA) is 70.1 Å². The average Bonchev–Trinajstić information content (AvgIpc) is 3.35. The zero-order chi connectivity index (χ0) is 19.0. The van der Waals surface area contributed by atoms with Crippen LogP contribution in [0.3, 0.4) is 0 Å². The van der Waals surface area contributed by atoms with E-state index in [4.69, 9.17) is 9.84 Å². The minimum absolute atomic E-state index is 0.152. The van der Waals surface area contributed by atoms with Gasteiger partial charge in [-0.1, -0.05) is 79.8 Å². The quantitative estimate of drug-likeness (QED) is 0.289. The summed E-state index contributed by atoms with van der Waals surface area (Å²) in [6.07, 6.45) is 26.3. The van der Waals surface area contributed by atoms with Gasteiger partial charge in [-0.05, 0) is 25.7 Å². The second-order valence-corrected chi connectivity index (χ2v) is 6.00. The smallest absolute Gasteiger partial charge is 0.303 e. The van der Waals surface area contributed by atoms with Gasteiger partial charge in [0.1, 0.15) is 6.10 Å². The average molecular weight is 358 g/mol. The molecule has 0 aromatic rings. The SMILES string of the molecule is CC/C=C\C[C@@H](O)/C=C/C=C\C=C\C=C\[C@@H]1O[C@H]1C/C=C\CCC(=O)O. The molecule has 1 rings (SSSR count). The molecular formula is C22H30O4. The van der Waals surface area contributed by atoms with Gasteiger partial charge in [-0.15, -0.1) is 0 Å². The van der Waals surface area contributed by atoms with Crippen molar-refractivity contribution in [1.82, 2.24) is 0 Å². The van der Waals surface area contributed by atoms with Crippen molar-refractivity contribution in [3.63, 3.8) is 0 Å². The normalized spacial score (nSPS) is 22.1. The first-order valence-corrected chi connectivity index (χ1v) is 9.17. The zero-order valence-electron chi connectivity index (χ0n) is 15.4. The molecule has 26 heavy (non-hydrogen) atoms. The summed E-state index contributed by atoms with van der Waals surface area (Å²) in [6.45, 7) is 2.07. The van der Waals surface area contributed by atoms with Crippen molar-refractivity contribution in [2.75, 3.05) is 0 Å².